The zero-order chi connectivity index (χ0) is 14.7. The first kappa shape index (κ1) is 13.5. The van der Waals surface area contributed by atoms with Crippen molar-refractivity contribution < 1.29 is 14.4 Å². The number of aromatic hydroxyl groups is 1. The van der Waals surface area contributed by atoms with Crippen LogP contribution in [0.25, 0.3) is 11.5 Å². The Morgan fingerprint density at radius 1 is 1.55 bits per heavy atom. The highest BCUT2D eigenvalue weighted by Crippen LogP contribution is 2.24. The third-order valence-electron chi connectivity index (χ3n) is 2.48. The van der Waals surface area contributed by atoms with Crippen LogP contribution in [-0.2, 0) is 11.2 Å². The predicted molar refractivity (Wildman–Crippen MR) is 66.3 cm³/mol. The lowest BCUT2D eigenvalue weighted by molar-refractivity contribution is -0.128. The summed E-state index contributed by atoms with van der Waals surface area (Å²) in [5.74, 6) is -0.217. The van der Waals surface area contributed by atoms with Crippen molar-refractivity contribution in [3.63, 3.8) is 0 Å². The lowest BCUT2D eigenvalue weighted by Gasteiger charge is -2.06. The summed E-state index contributed by atoms with van der Waals surface area (Å²) in [6, 6.07) is 3.11. The van der Waals surface area contributed by atoms with E-state index in [-0.39, 0.29) is 41.1 Å². The van der Waals surface area contributed by atoms with Crippen molar-refractivity contribution in [3.8, 4) is 23.3 Å². The zero-order valence-corrected chi connectivity index (χ0v) is 10.9. The molecule has 2 heterocycles. The number of hydrogen-bond acceptors (Lipinski definition) is 7. The summed E-state index contributed by atoms with van der Waals surface area (Å²) in [6.07, 6.45) is 1.26. The van der Waals surface area contributed by atoms with Crippen LogP contribution in [0.4, 0.5) is 0 Å². The SMILES string of the molecule is CN(C)C(=O)Cc1nc(-c2ncc(C#N)cc2O)no1. The molecular formula is C12H11N5O3. The largest absolute Gasteiger partial charge is 0.505 e. The van der Waals surface area contributed by atoms with E-state index in [9.17, 15) is 9.90 Å². The second-order valence-corrected chi connectivity index (χ2v) is 4.18. The maximum atomic E-state index is 11.5. The molecule has 2 aromatic rings. The first-order chi connectivity index (χ1) is 9.51. The van der Waals surface area contributed by atoms with Crippen molar-refractivity contribution >= 4 is 5.91 Å². The van der Waals surface area contributed by atoms with E-state index in [1.165, 1.54) is 17.2 Å². The summed E-state index contributed by atoms with van der Waals surface area (Å²) < 4.78 is 4.93. The number of pyridine rings is 1. The Morgan fingerprint density at radius 2 is 2.30 bits per heavy atom. The summed E-state index contributed by atoms with van der Waals surface area (Å²) in [7, 11) is 3.24. The molecule has 0 saturated carbocycles. The van der Waals surface area contributed by atoms with Crippen molar-refractivity contribution in [2.24, 2.45) is 0 Å². The Hall–Kier alpha value is -2.95. The smallest absolute Gasteiger partial charge is 0.236 e. The first-order valence-corrected chi connectivity index (χ1v) is 5.63. The molecule has 0 unspecified atom stereocenters. The number of amides is 1. The van der Waals surface area contributed by atoms with Gasteiger partial charge in [0.1, 0.15) is 18.2 Å². The lowest BCUT2D eigenvalue weighted by atomic mass is 10.2. The van der Waals surface area contributed by atoms with Gasteiger partial charge in [-0.25, -0.2) is 4.98 Å². The number of rotatable bonds is 3. The minimum absolute atomic E-state index is 0.0307. The Kier molecular flexibility index (Phi) is 3.61. The number of hydrogen-bond donors (Lipinski definition) is 1. The maximum Gasteiger partial charge on any atom is 0.236 e. The van der Waals surface area contributed by atoms with Crippen LogP contribution in [0.15, 0.2) is 16.8 Å². The summed E-state index contributed by atoms with van der Waals surface area (Å²) in [5, 5.41) is 22.1. The molecule has 0 saturated heterocycles. The zero-order valence-electron chi connectivity index (χ0n) is 10.9. The van der Waals surface area contributed by atoms with Gasteiger partial charge in [0.15, 0.2) is 5.69 Å². The highest BCUT2D eigenvalue weighted by molar-refractivity contribution is 5.77. The third-order valence-corrected chi connectivity index (χ3v) is 2.48. The topological polar surface area (TPSA) is 116 Å². The average molecular weight is 273 g/mol. The fourth-order valence-electron chi connectivity index (χ4n) is 1.40. The molecule has 0 fully saturated rings. The van der Waals surface area contributed by atoms with Gasteiger partial charge in [0.25, 0.3) is 0 Å². The van der Waals surface area contributed by atoms with Crippen LogP contribution in [0, 0.1) is 11.3 Å². The molecule has 0 aliphatic rings. The van der Waals surface area contributed by atoms with Crippen molar-refractivity contribution in [1.29, 1.82) is 5.26 Å². The Labute approximate surface area is 114 Å². The summed E-state index contributed by atoms with van der Waals surface area (Å²) in [4.78, 5) is 20.8. The van der Waals surface area contributed by atoms with Gasteiger partial charge >= 0.3 is 0 Å². The second kappa shape index (κ2) is 5.36. The van der Waals surface area contributed by atoms with Gasteiger partial charge in [-0.2, -0.15) is 10.2 Å². The fourth-order valence-corrected chi connectivity index (χ4v) is 1.40. The van der Waals surface area contributed by atoms with E-state index < -0.39 is 0 Å². The molecule has 8 heteroatoms. The normalized spacial score (nSPS) is 10.1. The van der Waals surface area contributed by atoms with Crippen molar-refractivity contribution in [3.05, 3.63) is 23.7 Å². The number of aromatic nitrogens is 3. The molecule has 1 amide bonds. The minimum atomic E-state index is -0.227. The highest BCUT2D eigenvalue weighted by Gasteiger charge is 2.17. The number of likely N-dealkylation sites (N-methyl/N-ethyl adjacent to an activating group) is 1. The molecule has 2 aromatic heterocycles. The molecule has 0 spiro atoms. The number of nitriles is 1. The van der Waals surface area contributed by atoms with Crippen LogP contribution >= 0.6 is 0 Å². The van der Waals surface area contributed by atoms with Gasteiger partial charge in [0.05, 0.1) is 5.56 Å². The molecule has 2 rings (SSSR count). The standard InChI is InChI=1S/C12H11N5O3/c1-17(2)10(19)4-9-15-12(16-20-9)11-8(18)3-7(5-13)6-14-11/h3,6,18H,4H2,1-2H3. The molecule has 102 valence electrons. The van der Waals surface area contributed by atoms with Crippen LogP contribution in [0.3, 0.4) is 0 Å². The first-order valence-electron chi connectivity index (χ1n) is 5.63. The summed E-state index contributed by atoms with van der Waals surface area (Å²) >= 11 is 0. The highest BCUT2D eigenvalue weighted by atomic mass is 16.5. The molecule has 0 aromatic carbocycles. The molecule has 0 bridgehead atoms. The van der Waals surface area contributed by atoms with E-state index >= 15 is 0 Å². The fraction of sp³-hybridized carbons (Fsp3) is 0.250. The molecular weight excluding hydrogens is 262 g/mol. The van der Waals surface area contributed by atoms with Gasteiger partial charge in [-0.1, -0.05) is 5.16 Å². The quantitative estimate of drug-likeness (QED) is 0.856. The van der Waals surface area contributed by atoms with Gasteiger partial charge in [0.2, 0.25) is 17.6 Å². The molecule has 0 atom stereocenters. The van der Waals surface area contributed by atoms with E-state index in [0.29, 0.717) is 0 Å². The number of carbonyl (C=O) groups is 1. The van der Waals surface area contributed by atoms with E-state index in [1.54, 1.807) is 14.1 Å². The van der Waals surface area contributed by atoms with Gasteiger partial charge in [-0.3, -0.25) is 4.79 Å². The van der Waals surface area contributed by atoms with Crippen LogP contribution in [0.5, 0.6) is 5.75 Å². The van der Waals surface area contributed by atoms with Gasteiger partial charge in [-0.05, 0) is 0 Å². The monoisotopic (exact) mass is 273 g/mol. The Bertz CT molecular complexity index is 687. The van der Waals surface area contributed by atoms with Gasteiger partial charge in [-0.15, -0.1) is 0 Å². The molecule has 0 aliphatic heterocycles. The van der Waals surface area contributed by atoms with E-state index in [4.69, 9.17) is 9.78 Å². The molecule has 20 heavy (non-hydrogen) atoms. The number of carbonyl (C=O) groups excluding carboxylic acids is 1. The third kappa shape index (κ3) is 2.72. The Balaban J connectivity index is 2.25. The van der Waals surface area contributed by atoms with Crippen LogP contribution in [0.2, 0.25) is 0 Å². The maximum absolute atomic E-state index is 11.5. The average Bonchev–Trinajstić information content (AvgIpc) is 2.86. The number of nitrogens with zero attached hydrogens (tertiary/aromatic N) is 5. The van der Waals surface area contributed by atoms with Gasteiger partial charge < -0.3 is 14.5 Å². The van der Waals surface area contributed by atoms with Crippen molar-refractivity contribution in [2.75, 3.05) is 14.1 Å². The predicted octanol–water partition coefficient (Wildman–Crippen LogP) is 0.340. The van der Waals surface area contributed by atoms with Gasteiger partial charge in [0, 0.05) is 26.4 Å². The lowest BCUT2D eigenvalue weighted by Crippen LogP contribution is -2.23. The van der Waals surface area contributed by atoms with E-state index in [0.717, 1.165) is 0 Å². The molecule has 8 nitrogen and oxygen atoms in total. The van der Waals surface area contributed by atoms with Crippen LogP contribution in [0.1, 0.15) is 11.5 Å². The van der Waals surface area contributed by atoms with Crippen molar-refractivity contribution in [2.45, 2.75) is 6.42 Å². The van der Waals surface area contributed by atoms with E-state index in [1.807, 2.05) is 6.07 Å². The molecule has 1 N–H and O–H groups in total. The van der Waals surface area contributed by atoms with Crippen LogP contribution in [-0.4, -0.2) is 45.1 Å². The van der Waals surface area contributed by atoms with Crippen molar-refractivity contribution in [1.82, 2.24) is 20.0 Å². The summed E-state index contributed by atoms with van der Waals surface area (Å²) in [5.41, 5.74) is 0.314. The summed E-state index contributed by atoms with van der Waals surface area (Å²) in [6.45, 7) is 0. The minimum Gasteiger partial charge on any atom is -0.505 e. The second-order valence-electron chi connectivity index (χ2n) is 4.18. The van der Waals surface area contributed by atoms with E-state index in [2.05, 4.69) is 15.1 Å². The molecule has 0 radical (unpaired) electrons. The Morgan fingerprint density at radius 3 is 2.90 bits per heavy atom. The molecule has 0 aliphatic carbocycles. The van der Waals surface area contributed by atoms with Crippen LogP contribution < -0.4 is 0 Å².